The van der Waals surface area contributed by atoms with Crippen LogP contribution in [0.2, 0.25) is 0 Å². The van der Waals surface area contributed by atoms with Gasteiger partial charge in [-0.15, -0.1) is 0 Å². The second-order valence-electron chi connectivity index (χ2n) is 6.03. The summed E-state index contributed by atoms with van der Waals surface area (Å²) in [7, 11) is 0. The number of rotatable bonds is 3. The van der Waals surface area contributed by atoms with Crippen LogP contribution >= 0.6 is 0 Å². The van der Waals surface area contributed by atoms with Crippen LogP contribution in [-0.4, -0.2) is 26.6 Å². The zero-order valence-electron chi connectivity index (χ0n) is 13.8. The molecule has 0 radical (unpaired) electrons. The molecule has 1 aliphatic heterocycles. The predicted octanol–water partition coefficient (Wildman–Crippen LogP) is 3.29. The minimum absolute atomic E-state index is 0.131. The highest BCUT2D eigenvalue weighted by Crippen LogP contribution is 2.31. The van der Waals surface area contributed by atoms with Crippen molar-refractivity contribution in [2.24, 2.45) is 0 Å². The predicted molar refractivity (Wildman–Crippen MR) is 92.0 cm³/mol. The largest absolute Gasteiger partial charge is 0.332 e. The highest BCUT2D eigenvalue weighted by atomic mass is 16.5. The SMILES string of the molecule is N#Cc1cccc(-c2ccnc(-c3nc(C4CCCN4C#N)no3)c2)c1. The minimum atomic E-state index is -0.131. The van der Waals surface area contributed by atoms with E-state index in [1.54, 1.807) is 17.2 Å². The fourth-order valence-corrected chi connectivity index (χ4v) is 3.12. The van der Waals surface area contributed by atoms with Gasteiger partial charge in [-0.1, -0.05) is 17.3 Å². The van der Waals surface area contributed by atoms with Gasteiger partial charge in [-0.2, -0.15) is 15.5 Å². The topological polar surface area (TPSA) is 103 Å². The summed E-state index contributed by atoms with van der Waals surface area (Å²) in [5.74, 6) is 0.834. The van der Waals surface area contributed by atoms with Crippen LogP contribution in [0, 0.1) is 22.8 Å². The van der Waals surface area contributed by atoms with Gasteiger partial charge in [0.1, 0.15) is 11.7 Å². The molecule has 2 aromatic heterocycles. The fraction of sp³-hybridized carbons (Fsp3) is 0.211. The normalized spacial score (nSPS) is 16.2. The molecule has 1 fully saturated rings. The zero-order chi connectivity index (χ0) is 17.9. The molecule has 0 N–H and O–H groups in total. The fourth-order valence-electron chi connectivity index (χ4n) is 3.12. The molecule has 0 bridgehead atoms. The van der Waals surface area contributed by atoms with E-state index in [1.165, 1.54) is 0 Å². The van der Waals surface area contributed by atoms with E-state index in [9.17, 15) is 5.26 Å². The second-order valence-corrected chi connectivity index (χ2v) is 6.03. The third-order valence-corrected chi connectivity index (χ3v) is 4.43. The molecule has 0 amide bonds. The number of aromatic nitrogens is 3. The Morgan fingerprint density at radius 1 is 1.15 bits per heavy atom. The second kappa shape index (κ2) is 6.66. The quantitative estimate of drug-likeness (QED) is 0.673. The van der Waals surface area contributed by atoms with Crippen LogP contribution in [-0.2, 0) is 0 Å². The van der Waals surface area contributed by atoms with Crippen LogP contribution in [0.4, 0.5) is 0 Å². The molecular formula is C19H14N6O. The summed E-state index contributed by atoms with van der Waals surface area (Å²) in [6, 6.07) is 13.1. The lowest BCUT2D eigenvalue weighted by atomic mass is 10.0. The van der Waals surface area contributed by atoms with E-state index >= 15 is 0 Å². The van der Waals surface area contributed by atoms with Crippen molar-refractivity contribution in [2.45, 2.75) is 18.9 Å². The third kappa shape index (κ3) is 2.87. The molecule has 0 saturated carbocycles. The van der Waals surface area contributed by atoms with E-state index in [0.717, 1.165) is 24.0 Å². The van der Waals surface area contributed by atoms with Crippen LogP contribution in [0.15, 0.2) is 47.1 Å². The Labute approximate surface area is 150 Å². The van der Waals surface area contributed by atoms with E-state index in [1.807, 2.05) is 30.3 Å². The van der Waals surface area contributed by atoms with Crippen molar-refractivity contribution in [2.75, 3.05) is 6.54 Å². The molecular weight excluding hydrogens is 328 g/mol. The summed E-state index contributed by atoms with van der Waals surface area (Å²) in [4.78, 5) is 10.4. The molecule has 1 unspecified atom stereocenters. The van der Waals surface area contributed by atoms with Gasteiger partial charge >= 0.3 is 0 Å². The number of hydrogen-bond acceptors (Lipinski definition) is 7. The molecule has 3 heterocycles. The van der Waals surface area contributed by atoms with Gasteiger partial charge in [-0.25, -0.2) is 0 Å². The number of hydrogen-bond donors (Lipinski definition) is 0. The Hall–Kier alpha value is -3.71. The van der Waals surface area contributed by atoms with Crippen LogP contribution < -0.4 is 0 Å². The summed E-state index contributed by atoms with van der Waals surface area (Å²) in [6.45, 7) is 0.716. The molecule has 0 spiro atoms. The van der Waals surface area contributed by atoms with Crippen molar-refractivity contribution >= 4 is 0 Å². The number of nitriles is 2. The number of pyridine rings is 1. The Bertz CT molecular complexity index is 1030. The van der Waals surface area contributed by atoms with E-state index in [-0.39, 0.29) is 6.04 Å². The van der Waals surface area contributed by atoms with Gasteiger partial charge in [-0.05, 0) is 48.2 Å². The number of benzene rings is 1. The molecule has 1 aliphatic rings. The maximum absolute atomic E-state index is 9.18. The van der Waals surface area contributed by atoms with Crippen LogP contribution in [0.1, 0.15) is 30.3 Å². The van der Waals surface area contributed by atoms with Crippen molar-refractivity contribution in [3.05, 3.63) is 54.0 Å². The molecule has 1 saturated heterocycles. The summed E-state index contributed by atoms with van der Waals surface area (Å²) < 4.78 is 5.38. The Kier molecular flexibility index (Phi) is 4.04. The first-order valence-electron chi connectivity index (χ1n) is 8.25. The summed E-state index contributed by atoms with van der Waals surface area (Å²) in [5.41, 5.74) is 2.98. The lowest BCUT2D eigenvalue weighted by Crippen LogP contribution is -2.17. The van der Waals surface area contributed by atoms with Crippen molar-refractivity contribution in [3.8, 4) is 35.0 Å². The Morgan fingerprint density at radius 2 is 2.04 bits per heavy atom. The average molecular weight is 342 g/mol. The van der Waals surface area contributed by atoms with E-state index in [2.05, 4.69) is 27.4 Å². The lowest BCUT2D eigenvalue weighted by Gasteiger charge is -2.13. The zero-order valence-corrected chi connectivity index (χ0v) is 13.8. The molecule has 3 aromatic rings. The molecule has 0 aliphatic carbocycles. The standard InChI is InChI=1S/C19H14N6O/c20-11-13-3-1-4-14(9-13)15-6-7-22-16(10-15)19-23-18(24-26-19)17-5-2-8-25(17)12-21/h1,3-4,6-7,9-10,17H,2,5,8H2. The van der Waals surface area contributed by atoms with E-state index in [4.69, 9.17) is 9.78 Å². The molecule has 26 heavy (non-hydrogen) atoms. The van der Waals surface area contributed by atoms with E-state index < -0.39 is 0 Å². The van der Waals surface area contributed by atoms with Gasteiger partial charge in [0.15, 0.2) is 12.0 Å². The van der Waals surface area contributed by atoms with Crippen LogP contribution in [0.3, 0.4) is 0 Å². The van der Waals surface area contributed by atoms with Gasteiger partial charge in [0.2, 0.25) is 0 Å². The number of nitrogens with zero attached hydrogens (tertiary/aromatic N) is 6. The maximum atomic E-state index is 9.18. The molecule has 7 nitrogen and oxygen atoms in total. The first kappa shape index (κ1) is 15.8. The summed E-state index contributed by atoms with van der Waals surface area (Å²) in [5, 5.41) is 22.3. The molecule has 1 aromatic carbocycles. The lowest BCUT2D eigenvalue weighted by molar-refractivity contribution is 0.339. The first-order valence-corrected chi connectivity index (χ1v) is 8.25. The molecule has 126 valence electrons. The minimum Gasteiger partial charge on any atom is -0.332 e. The Balaban J connectivity index is 1.65. The van der Waals surface area contributed by atoms with Gasteiger partial charge in [0.05, 0.1) is 11.6 Å². The van der Waals surface area contributed by atoms with Crippen LogP contribution in [0.25, 0.3) is 22.7 Å². The summed E-state index contributed by atoms with van der Waals surface area (Å²) in [6.07, 6.45) is 5.61. The van der Waals surface area contributed by atoms with Gasteiger partial charge in [-0.3, -0.25) is 9.88 Å². The highest BCUT2D eigenvalue weighted by molar-refractivity contribution is 5.68. The van der Waals surface area contributed by atoms with Gasteiger partial charge < -0.3 is 4.52 Å². The van der Waals surface area contributed by atoms with Gasteiger partial charge in [0, 0.05) is 12.7 Å². The van der Waals surface area contributed by atoms with Crippen molar-refractivity contribution in [3.63, 3.8) is 0 Å². The Morgan fingerprint density at radius 3 is 2.88 bits per heavy atom. The third-order valence-electron chi connectivity index (χ3n) is 4.43. The average Bonchev–Trinajstić information content (AvgIpc) is 3.37. The summed E-state index contributed by atoms with van der Waals surface area (Å²) >= 11 is 0. The monoisotopic (exact) mass is 342 g/mol. The molecule has 4 rings (SSSR count). The van der Waals surface area contributed by atoms with Gasteiger partial charge in [0.25, 0.3) is 5.89 Å². The molecule has 1 atom stereocenters. The highest BCUT2D eigenvalue weighted by Gasteiger charge is 2.29. The first-order chi connectivity index (χ1) is 12.8. The molecule has 7 heteroatoms. The smallest absolute Gasteiger partial charge is 0.276 e. The van der Waals surface area contributed by atoms with Crippen molar-refractivity contribution in [1.82, 2.24) is 20.0 Å². The van der Waals surface area contributed by atoms with E-state index in [0.29, 0.717) is 29.5 Å². The number of likely N-dealkylation sites (tertiary alicyclic amines) is 1. The van der Waals surface area contributed by atoms with Crippen LogP contribution in [0.5, 0.6) is 0 Å². The van der Waals surface area contributed by atoms with Crippen molar-refractivity contribution < 1.29 is 4.52 Å². The van der Waals surface area contributed by atoms with Crippen molar-refractivity contribution in [1.29, 1.82) is 10.5 Å². The maximum Gasteiger partial charge on any atom is 0.276 e.